The molecule has 0 saturated carbocycles. The van der Waals surface area contributed by atoms with Crippen LogP contribution in [0.5, 0.6) is 0 Å². The minimum Gasteiger partial charge on any atom is -0.481 e. The second kappa shape index (κ2) is 6.69. The number of aryl methyl sites for hydroxylation is 2. The lowest BCUT2D eigenvalue weighted by Crippen LogP contribution is -2.41. The lowest BCUT2D eigenvalue weighted by molar-refractivity contribution is -0.146. The number of hydrogen-bond donors (Lipinski definition) is 3. The summed E-state index contributed by atoms with van der Waals surface area (Å²) in [6, 6.07) is -1.46. The van der Waals surface area contributed by atoms with Gasteiger partial charge < -0.3 is 15.5 Å². The molecule has 0 unspecified atom stereocenters. The molecule has 21 heavy (non-hydrogen) atoms. The van der Waals surface area contributed by atoms with E-state index >= 15 is 0 Å². The van der Waals surface area contributed by atoms with Crippen molar-refractivity contribution in [2.24, 2.45) is 7.05 Å². The molecule has 0 radical (unpaired) electrons. The number of carbonyl (C=O) groups is 3. The second-order valence-electron chi connectivity index (χ2n) is 4.54. The molecule has 0 aromatic carbocycles. The van der Waals surface area contributed by atoms with Crippen molar-refractivity contribution in [2.45, 2.75) is 26.3 Å². The summed E-state index contributed by atoms with van der Waals surface area (Å²) in [5.41, 5.74) is 2.36. The summed E-state index contributed by atoms with van der Waals surface area (Å²) in [6.07, 6.45) is 2.00. The molecule has 0 saturated heterocycles. The van der Waals surface area contributed by atoms with E-state index in [1.54, 1.807) is 18.7 Å². The highest BCUT2D eigenvalue weighted by molar-refractivity contribution is 5.95. The first-order valence-corrected chi connectivity index (χ1v) is 6.15. The number of hydrogen-bond acceptors (Lipinski definition) is 4. The molecular formula is C13H17N3O5. The van der Waals surface area contributed by atoms with Crippen LogP contribution < -0.4 is 5.32 Å². The maximum absolute atomic E-state index is 11.7. The van der Waals surface area contributed by atoms with Crippen LogP contribution in [0, 0.1) is 13.8 Å². The van der Waals surface area contributed by atoms with Crippen LogP contribution in [-0.4, -0.2) is 43.9 Å². The Morgan fingerprint density at radius 1 is 1.33 bits per heavy atom. The molecule has 0 fully saturated rings. The number of carbonyl (C=O) groups excluding carboxylic acids is 1. The molecular weight excluding hydrogens is 278 g/mol. The highest BCUT2D eigenvalue weighted by Gasteiger charge is 2.22. The molecule has 8 heteroatoms. The highest BCUT2D eigenvalue weighted by atomic mass is 16.4. The van der Waals surface area contributed by atoms with Gasteiger partial charge in [0.1, 0.15) is 6.04 Å². The van der Waals surface area contributed by atoms with Gasteiger partial charge in [-0.15, -0.1) is 0 Å². The van der Waals surface area contributed by atoms with Gasteiger partial charge in [0.25, 0.3) is 0 Å². The highest BCUT2D eigenvalue weighted by Crippen LogP contribution is 2.13. The molecule has 1 aromatic rings. The van der Waals surface area contributed by atoms with E-state index in [2.05, 4.69) is 10.4 Å². The molecule has 1 amide bonds. The molecule has 114 valence electrons. The Kier molecular flexibility index (Phi) is 5.23. The van der Waals surface area contributed by atoms with Crippen molar-refractivity contribution in [3.8, 4) is 0 Å². The summed E-state index contributed by atoms with van der Waals surface area (Å²) in [6.45, 7) is 3.62. The Labute approximate surface area is 121 Å². The Morgan fingerprint density at radius 3 is 2.38 bits per heavy atom. The summed E-state index contributed by atoms with van der Waals surface area (Å²) in [7, 11) is 1.77. The maximum atomic E-state index is 11.7. The van der Waals surface area contributed by atoms with Gasteiger partial charge in [-0.2, -0.15) is 5.10 Å². The Bertz CT molecular complexity index is 603. The average Bonchev–Trinajstić information content (AvgIpc) is 2.60. The van der Waals surface area contributed by atoms with Crippen LogP contribution in [0.1, 0.15) is 23.4 Å². The fourth-order valence-corrected chi connectivity index (χ4v) is 1.78. The lowest BCUT2D eigenvalue weighted by atomic mass is 10.1. The van der Waals surface area contributed by atoms with Crippen LogP contribution in [0.25, 0.3) is 6.08 Å². The summed E-state index contributed by atoms with van der Waals surface area (Å²) < 4.78 is 1.66. The smallest absolute Gasteiger partial charge is 0.326 e. The Hall–Kier alpha value is -2.64. The predicted molar refractivity (Wildman–Crippen MR) is 73.5 cm³/mol. The molecule has 0 bridgehead atoms. The zero-order valence-electron chi connectivity index (χ0n) is 12.0. The fraction of sp³-hybridized carbons (Fsp3) is 0.385. The van der Waals surface area contributed by atoms with Crippen LogP contribution in [0.15, 0.2) is 6.08 Å². The average molecular weight is 295 g/mol. The third-order valence-electron chi connectivity index (χ3n) is 2.96. The Balaban J connectivity index is 2.78. The summed E-state index contributed by atoms with van der Waals surface area (Å²) in [5, 5.41) is 23.7. The van der Waals surface area contributed by atoms with Crippen molar-refractivity contribution in [3.05, 3.63) is 23.0 Å². The number of rotatable bonds is 6. The quantitative estimate of drug-likeness (QED) is 0.640. The first-order chi connectivity index (χ1) is 9.72. The molecule has 0 aliphatic heterocycles. The van der Waals surface area contributed by atoms with Crippen molar-refractivity contribution in [3.63, 3.8) is 0 Å². The van der Waals surface area contributed by atoms with E-state index < -0.39 is 30.3 Å². The number of nitrogens with one attached hydrogen (secondary N) is 1. The van der Waals surface area contributed by atoms with Gasteiger partial charge in [-0.05, 0) is 19.9 Å². The number of aromatic nitrogens is 2. The van der Waals surface area contributed by atoms with E-state index in [1.807, 2.05) is 6.92 Å². The molecule has 1 aromatic heterocycles. The van der Waals surface area contributed by atoms with Gasteiger partial charge in [0.2, 0.25) is 5.91 Å². The van der Waals surface area contributed by atoms with E-state index in [-0.39, 0.29) is 0 Å². The zero-order valence-corrected chi connectivity index (χ0v) is 12.0. The topological polar surface area (TPSA) is 122 Å². The van der Waals surface area contributed by atoms with Crippen LogP contribution >= 0.6 is 0 Å². The van der Waals surface area contributed by atoms with E-state index in [4.69, 9.17) is 10.2 Å². The van der Waals surface area contributed by atoms with Crippen molar-refractivity contribution in [1.82, 2.24) is 15.1 Å². The monoisotopic (exact) mass is 295 g/mol. The van der Waals surface area contributed by atoms with Gasteiger partial charge >= 0.3 is 11.9 Å². The van der Waals surface area contributed by atoms with Crippen molar-refractivity contribution < 1.29 is 24.6 Å². The minimum atomic E-state index is -1.46. The Morgan fingerprint density at radius 2 is 1.95 bits per heavy atom. The van der Waals surface area contributed by atoms with E-state index in [0.29, 0.717) is 0 Å². The molecule has 1 atom stereocenters. The largest absolute Gasteiger partial charge is 0.481 e. The zero-order chi connectivity index (χ0) is 16.2. The first-order valence-electron chi connectivity index (χ1n) is 6.15. The van der Waals surface area contributed by atoms with Crippen LogP contribution in [0.4, 0.5) is 0 Å². The molecule has 0 aliphatic carbocycles. The summed E-state index contributed by atoms with van der Waals surface area (Å²) >= 11 is 0. The molecule has 1 rings (SSSR count). The fourth-order valence-electron chi connectivity index (χ4n) is 1.78. The van der Waals surface area contributed by atoms with Gasteiger partial charge in [0.15, 0.2) is 0 Å². The molecule has 0 spiro atoms. The van der Waals surface area contributed by atoms with Crippen LogP contribution in [0.2, 0.25) is 0 Å². The molecule has 1 heterocycles. The minimum absolute atomic E-state index is 0.675. The van der Waals surface area contributed by atoms with E-state index in [9.17, 15) is 14.4 Å². The van der Waals surface area contributed by atoms with Crippen LogP contribution in [0.3, 0.4) is 0 Å². The maximum Gasteiger partial charge on any atom is 0.326 e. The van der Waals surface area contributed by atoms with Crippen molar-refractivity contribution in [2.75, 3.05) is 0 Å². The van der Waals surface area contributed by atoms with Gasteiger partial charge in [0, 0.05) is 24.4 Å². The van der Waals surface area contributed by atoms with Crippen LogP contribution in [-0.2, 0) is 21.4 Å². The van der Waals surface area contributed by atoms with E-state index in [1.165, 1.54) is 6.08 Å². The number of nitrogens with zero attached hydrogens (tertiary/aromatic N) is 2. The molecule has 0 aliphatic rings. The van der Waals surface area contributed by atoms with Gasteiger partial charge in [-0.1, -0.05) is 0 Å². The number of amides is 1. The van der Waals surface area contributed by atoms with Gasteiger partial charge in [-0.25, -0.2) is 4.79 Å². The van der Waals surface area contributed by atoms with Gasteiger partial charge in [0.05, 0.1) is 12.1 Å². The number of carboxylic acid groups (broad SMARTS) is 2. The molecule has 3 N–H and O–H groups in total. The third-order valence-corrected chi connectivity index (χ3v) is 2.96. The lowest BCUT2D eigenvalue weighted by Gasteiger charge is -2.10. The van der Waals surface area contributed by atoms with Crippen molar-refractivity contribution >= 4 is 23.9 Å². The molecule has 8 nitrogen and oxygen atoms in total. The third kappa shape index (κ3) is 4.44. The summed E-state index contributed by atoms with van der Waals surface area (Å²) in [4.78, 5) is 33.0. The standard InChI is InChI=1S/C13H17N3O5/c1-7-9(8(2)16(3)15-7)4-5-11(17)14-10(13(20)21)6-12(18)19/h4-5,10H,6H2,1-3H3,(H,14,17)(H,18,19)(H,20,21)/b5-4+/t10-/m0/s1. The second-order valence-corrected chi connectivity index (χ2v) is 4.54. The predicted octanol–water partition coefficient (Wildman–Crippen LogP) is 0.0942. The van der Waals surface area contributed by atoms with E-state index in [0.717, 1.165) is 23.0 Å². The SMILES string of the molecule is Cc1nn(C)c(C)c1/C=C/C(=O)N[C@@H](CC(=O)O)C(=O)O. The normalized spacial score (nSPS) is 12.3. The van der Waals surface area contributed by atoms with Crippen molar-refractivity contribution in [1.29, 1.82) is 0 Å². The number of aliphatic carboxylic acids is 2. The summed E-state index contributed by atoms with van der Waals surface area (Å²) in [5.74, 6) is -3.37. The van der Waals surface area contributed by atoms with Gasteiger partial charge in [-0.3, -0.25) is 14.3 Å². The first kappa shape index (κ1) is 16.4. The number of carboxylic acids is 2.